The maximum Gasteiger partial charge on any atom is 0.422 e. The molecule has 0 radical (unpaired) electrons. The molecule has 0 N–H and O–H groups in total. The third kappa shape index (κ3) is 5.28. The average Bonchev–Trinajstić information content (AvgIpc) is 2.72. The van der Waals surface area contributed by atoms with Crippen molar-refractivity contribution in [3.05, 3.63) is 53.7 Å². The second-order valence-electron chi connectivity index (χ2n) is 6.80. The van der Waals surface area contributed by atoms with E-state index in [-0.39, 0.29) is 48.4 Å². The first-order chi connectivity index (χ1) is 14.1. The molecule has 0 bridgehead atoms. The van der Waals surface area contributed by atoms with E-state index in [4.69, 9.17) is 0 Å². The van der Waals surface area contributed by atoms with Crippen molar-refractivity contribution < 1.29 is 31.1 Å². The number of nitrogens with zero attached hydrogens (tertiary/aromatic N) is 3. The first-order valence-electron chi connectivity index (χ1n) is 9.08. The van der Waals surface area contributed by atoms with Crippen molar-refractivity contribution in [2.24, 2.45) is 0 Å². The molecular weight excluding hydrogens is 423 g/mol. The van der Waals surface area contributed by atoms with Gasteiger partial charge in [0.05, 0.1) is 10.5 Å². The van der Waals surface area contributed by atoms with Crippen LogP contribution in [0, 0.1) is 6.92 Å². The molecule has 1 aromatic carbocycles. The van der Waals surface area contributed by atoms with E-state index in [0.29, 0.717) is 0 Å². The molecule has 0 spiro atoms. The van der Waals surface area contributed by atoms with Gasteiger partial charge >= 0.3 is 6.18 Å². The molecule has 1 aromatic heterocycles. The summed E-state index contributed by atoms with van der Waals surface area (Å²) in [6.45, 7) is 1.06. The number of sulfonamides is 1. The molecule has 0 unspecified atom stereocenters. The summed E-state index contributed by atoms with van der Waals surface area (Å²) in [5.74, 6) is -0.616. The highest BCUT2D eigenvalue weighted by atomic mass is 32.2. The molecule has 2 heterocycles. The van der Waals surface area contributed by atoms with Crippen LogP contribution in [0.4, 0.5) is 13.2 Å². The quantitative estimate of drug-likeness (QED) is 0.710. The van der Waals surface area contributed by atoms with E-state index in [1.807, 2.05) is 6.92 Å². The van der Waals surface area contributed by atoms with Crippen molar-refractivity contribution in [1.29, 1.82) is 0 Å². The van der Waals surface area contributed by atoms with Gasteiger partial charge in [-0.2, -0.15) is 17.5 Å². The minimum absolute atomic E-state index is 0.141. The number of pyridine rings is 1. The van der Waals surface area contributed by atoms with E-state index < -0.39 is 22.8 Å². The van der Waals surface area contributed by atoms with Gasteiger partial charge in [-0.05, 0) is 25.1 Å². The lowest BCUT2D eigenvalue weighted by Crippen LogP contribution is -2.50. The van der Waals surface area contributed by atoms with Crippen molar-refractivity contribution >= 4 is 15.9 Å². The number of benzene rings is 1. The summed E-state index contributed by atoms with van der Waals surface area (Å²) in [7, 11) is -3.64. The number of carbonyl (C=O) groups is 1. The summed E-state index contributed by atoms with van der Waals surface area (Å²) in [5.41, 5.74) is 1.14. The predicted molar refractivity (Wildman–Crippen MR) is 102 cm³/mol. The van der Waals surface area contributed by atoms with E-state index in [1.165, 1.54) is 21.3 Å². The van der Waals surface area contributed by atoms with Gasteiger partial charge in [0.1, 0.15) is 0 Å². The number of aryl methyl sites for hydroxylation is 1. The molecule has 7 nitrogen and oxygen atoms in total. The molecule has 30 heavy (non-hydrogen) atoms. The van der Waals surface area contributed by atoms with Crippen molar-refractivity contribution in [3.8, 4) is 5.88 Å². The Morgan fingerprint density at radius 1 is 1.07 bits per heavy atom. The highest BCUT2D eigenvalue weighted by Crippen LogP contribution is 2.20. The molecule has 1 fully saturated rings. The molecule has 2 aromatic rings. The summed E-state index contributed by atoms with van der Waals surface area (Å²) in [5, 5.41) is 0. The number of alkyl halides is 3. The highest BCUT2D eigenvalue weighted by molar-refractivity contribution is 7.89. The zero-order valence-electron chi connectivity index (χ0n) is 16.1. The fourth-order valence-corrected chi connectivity index (χ4v) is 4.34. The molecule has 3 rings (SSSR count). The van der Waals surface area contributed by atoms with Gasteiger partial charge in [0, 0.05) is 38.4 Å². The zero-order chi connectivity index (χ0) is 21.9. The van der Waals surface area contributed by atoms with Gasteiger partial charge in [-0.25, -0.2) is 13.4 Å². The Morgan fingerprint density at radius 2 is 1.70 bits per heavy atom. The zero-order valence-corrected chi connectivity index (χ0v) is 16.9. The van der Waals surface area contributed by atoms with E-state index >= 15 is 0 Å². The number of rotatable bonds is 5. The van der Waals surface area contributed by atoms with Crippen LogP contribution in [0.1, 0.15) is 15.9 Å². The monoisotopic (exact) mass is 443 g/mol. The van der Waals surface area contributed by atoms with Crippen LogP contribution in [-0.4, -0.2) is 67.5 Å². The molecular formula is C19H20F3N3O4S. The smallest absolute Gasteiger partial charge is 0.422 e. The SMILES string of the molecule is Cc1ccc(S(=O)(=O)N2CCN(C(=O)c3ccc(OCC(F)(F)F)nc3)CC2)cc1. The molecule has 0 saturated carbocycles. The summed E-state index contributed by atoms with van der Waals surface area (Å²) in [6.07, 6.45) is -3.34. The van der Waals surface area contributed by atoms with Gasteiger partial charge in [-0.3, -0.25) is 4.79 Å². The predicted octanol–water partition coefficient (Wildman–Crippen LogP) is 2.48. The van der Waals surface area contributed by atoms with Crippen molar-refractivity contribution in [2.75, 3.05) is 32.8 Å². The standard InChI is InChI=1S/C19H20F3N3O4S/c1-14-2-5-16(6-3-14)30(27,28)25-10-8-24(9-11-25)18(26)15-4-7-17(23-12-15)29-13-19(20,21)22/h2-7,12H,8-11,13H2,1H3. The van der Waals surface area contributed by atoms with E-state index in [1.54, 1.807) is 24.3 Å². The lowest BCUT2D eigenvalue weighted by Gasteiger charge is -2.34. The molecule has 0 aliphatic carbocycles. The molecule has 11 heteroatoms. The minimum atomic E-state index is -4.48. The van der Waals surface area contributed by atoms with Crippen LogP contribution >= 0.6 is 0 Å². The Hall–Kier alpha value is -2.66. The fraction of sp³-hybridized carbons (Fsp3) is 0.368. The van der Waals surface area contributed by atoms with Gasteiger partial charge in [-0.1, -0.05) is 17.7 Å². The second-order valence-corrected chi connectivity index (χ2v) is 8.74. The number of piperazine rings is 1. The molecule has 162 valence electrons. The van der Waals surface area contributed by atoms with E-state index in [0.717, 1.165) is 11.8 Å². The van der Waals surface area contributed by atoms with Gasteiger partial charge < -0.3 is 9.64 Å². The lowest BCUT2D eigenvalue weighted by atomic mass is 10.2. The van der Waals surface area contributed by atoms with Crippen LogP contribution in [0.25, 0.3) is 0 Å². The largest absolute Gasteiger partial charge is 0.468 e. The Bertz CT molecular complexity index is 985. The highest BCUT2D eigenvalue weighted by Gasteiger charge is 2.31. The lowest BCUT2D eigenvalue weighted by molar-refractivity contribution is -0.154. The molecule has 1 amide bonds. The Balaban J connectivity index is 1.59. The van der Waals surface area contributed by atoms with Gasteiger partial charge in [0.25, 0.3) is 5.91 Å². The van der Waals surface area contributed by atoms with Crippen LogP contribution in [0.2, 0.25) is 0 Å². The van der Waals surface area contributed by atoms with Crippen LogP contribution in [0.3, 0.4) is 0 Å². The summed E-state index contributed by atoms with van der Waals surface area (Å²) >= 11 is 0. The van der Waals surface area contributed by atoms with E-state index in [9.17, 15) is 26.4 Å². The topological polar surface area (TPSA) is 79.8 Å². The second kappa shape index (κ2) is 8.60. The van der Waals surface area contributed by atoms with Crippen LogP contribution in [0.15, 0.2) is 47.5 Å². The normalized spacial score (nSPS) is 15.8. The minimum Gasteiger partial charge on any atom is -0.468 e. The van der Waals surface area contributed by atoms with Crippen molar-refractivity contribution in [3.63, 3.8) is 0 Å². The Kier molecular flexibility index (Phi) is 6.32. The first-order valence-corrected chi connectivity index (χ1v) is 10.5. The van der Waals surface area contributed by atoms with Crippen LogP contribution in [-0.2, 0) is 10.0 Å². The van der Waals surface area contributed by atoms with E-state index in [2.05, 4.69) is 9.72 Å². The van der Waals surface area contributed by atoms with Gasteiger partial charge in [0.15, 0.2) is 6.61 Å². The molecule has 0 atom stereocenters. The summed E-state index contributed by atoms with van der Waals surface area (Å²) in [6, 6.07) is 9.07. The van der Waals surface area contributed by atoms with Crippen molar-refractivity contribution in [2.45, 2.75) is 18.0 Å². The Morgan fingerprint density at radius 3 is 2.23 bits per heavy atom. The fourth-order valence-electron chi connectivity index (χ4n) is 2.92. The number of halogens is 3. The third-order valence-corrected chi connectivity index (χ3v) is 6.46. The Labute approximate surface area is 172 Å². The maximum atomic E-state index is 12.7. The number of ether oxygens (including phenoxy) is 1. The number of amides is 1. The number of hydrogen-bond donors (Lipinski definition) is 0. The molecule has 1 aliphatic heterocycles. The van der Waals surface area contributed by atoms with Crippen LogP contribution < -0.4 is 4.74 Å². The average molecular weight is 443 g/mol. The van der Waals surface area contributed by atoms with Gasteiger partial charge in [-0.15, -0.1) is 0 Å². The summed E-state index contributed by atoms with van der Waals surface area (Å²) < 4.78 is 67.8. The summed E-state index contributed by atoms with van der Waals surface area (Å²) in [4.78, 5) is 18.0. The number of hydrogen-bond acceptors (Lipinski definition) is 5. The number of aromatic nitrogens is 1. The first kappa shape index (κ1) is 22.0. The van der Waals surface area contributed by atoms with Gasteiger partial charge in [0.2, 0.25) is 15.9 Å². The third-order valence-electron chi connectivity index (χ3n) is 4.55. The van der Waals surface area contributed by atoms with Crippen molar-refractivity contribution in [1.82, 2.24) is 14.2 Å². The van der Waals surface area contributed by atoms with Crippen LogP contribution in [0.5, 0.6) is 5.88 Å². The molecule has 1 aliphatic rings. The maximum absolute atomic E-state index is 12.7. The molecule has 1 saturated heterocycles. The number of carbonyl (C=O) groups excluding carboxylic acids is 1.